The molecule has 1 atom stereocenters. The molecule has 6 rings (SSSR count). The predicted octanol–water partition coefficient (Wildman–Crippen LogP) is 2.52. The van der Waals surface area contributed by atoms with Crippen LogP contribution in [0.25, 0.3) is 27.9 Å². The van der Waals surface area contributed by atoms with Crippen molar-refractivity contribution < 1.29 is 13.9 Å². The first kappa shape index (κ1) is 20.2. The lowest BCUT2D eigenvalue weighted by molar-refractivity contribution is 0.0310. The predicted molar refractivity (Wildman–Crippen MR) is 124 cm³/mol. The number of oxazole rings is 1. The second-order valence-electron chi connectivity index (χ2n) is 8.84. The summed E-state index contributed by atoms with van der Waals surface area (Å²) in [4.78, 5) is 26.5. The third-order valence-electron chi connectivity index (χ3n) is 6.66. The number of pyridine rings is 1. The number of amides is 1. The smallest absolute Gasteiger partial charge is 0.292 e. The topological polar surface area (TPSA) is 102 Å². The van der Waals surface area contributed by atoms with E-state index in [0.29, 0.717) is 22.7 Å². The van der Waals surface area contributed by atoms with E-state index in [-0.39, 0.29) is 11.9 Å². The van der Waals surface area contributed by atoms with Crippen molar-refractivity contribution >= 4 is 28.7 Å². The number of benzene rings is 1. The van der Waals surface area contributed by atoms with E-state index in [9.17, 15) is 4.79 Å². The summed E-state index contributed by atoms with van der Waals surface area (Å²) >= 11 is 0. The van der Waals surface area contributed by atoms with Crippen molar-refractivity contribution in [2.75, 3.05) is 51.7 Å². The van der Waals surface area contributed by atoms with Gasteiger partial charge in [-0.05, 0) is 47.7 Å². The fourth-order valence-corrected chi connectivity index (χ4v) is 4.91. The van der Waals surface area contributed by atoms with E-state index >= 15 is 0 Å². The first-order valence-electron chi connectivity index (χ1n) is 11.4. The monoisotopic (exact) mass is 446 g/mol. The number of nitrogens with zero attached hydrogens (tertiary/aromatic N) is 5. The van der Waals surface area contributed by atoms with Crippen molar-refractivity contribution in [1.82, 2.24) is 24.2 Å². The minimum absolute atomic E-state index is 0.0313. The number of likely N-dealkylation sites (tertiary alicyclic amines) is 1. The lowest BCUT2D eigenvalue weighted by Gasteiger charge is -2.29. The summed E-state index contributed by atoms with van der Waals surface area (Å²) in [5.74, 6) is 0.535. The Kier molecular flexibility index (Phi) is 5.00. The first-order valence-corrected chi connectivity index (χ1v) is 11.4. The van der Waals surface area contributed by atoms with Gasteiger partial charge in [-0.2, -0.15) is 4.98 Å². The van der Waals surface area contributed by atoms with Crippen molar-refractivity contribution in [3.63, 3.8) is 0 Å². The average Bonchev–Trinajstić information content (AvgIpc) is 3.56. The number of imidazole rings is 1. The van der Waals surface area contributed by atoms with Gasteiger partial charge in [-0.1, -0.05) is 6.07 Å². The minimum Gasteiger partial charge on any atom is -0.424 e. The molecule has 3 aromatic heterocycles. The van der Waals surface area contributed by atoms with Gasteiger partial charge in [-0.25, -0.2) is 4.98 Å². The molecule has 0 radical (unpaired) electrons. The zero-order valence-corrected chi connectivity index (χ0v) is 18.3. The summed E-state index contributed by atoms with van der Waals surface area (Å²) in [7, 11) is 0. The van der Waals surface area contributed by atoms with Crippen LogP contribution in [0.2, 0.25) is 0 Å². The highest BCUT2D eigenvalue weighted by atomic mass is 16.5. The van der Waals surface area contributed by atoms with Crippen LogP contribution in [0, 0.1) is 5.92 Å². The summed E-state index contributed by atoms with van der Waals surface area (Å²) in [6, 6.07) is 9.83. The molecular weight excluding hydrogens is 420 g/mol. The Labute approximate surface area is 190 Å². The first-order chi connectivity index (χ1) is 16.1. The molecule has 0 aliphatic carbocycles. The maximum absolute atomic E-state index is 13.4. The number of carbonyl (C=O) groups excluding carboxylic acids is 1. The number of fused-ring (bicyclic) bond motifs is 2. The summed E-state index contributed by atoms with van der Waals surface area (Å²) in [5.41, 5.74) is 10.3. The largest absolute Gasteiger partial charge is 0.424 e. The van der Waals surface area contributed by atoms with E-state index in [1.165, 1.54) is 0 Å². The van der Waals surface area contributed by atoms with Crippen molar-refractivity contribution in [3.05, 3.63) is 48.4 Å². The molecule has 170 valence electrons. The number of hydrogen-bond donors (Lipinski definition) is 1. The van der Waals surface area contributed by atoms with Crippen LogP contribution in [-0.4, -0.2) is 76.0 Å². The van der Waals surface area contributed by atoms with E-state index < -0.39 is 0 Å². The van der Waals surface area contributed by atoms with E-state index in [4.69, 9.17) is 14.9 Å². The zero-order valence-electron chi connectivity index (χ0n) is 18.3. The summed E-state index contributed by atoms with van der Waals surface area (Å²) in [6.07, 6.45) is 4.67. The molecule has 1 amide bonds. The molecule has 2 aliphatic rings. The van der Waals surface area contributed by atoms with Crippen LogP contribution >= 0.6 is 0 Å². The summed E-state index contributed by atoms with van der Waals surface area (Å²) in [6.45, 7) is 6.16. The van der Waals surface area contributed by atoms with Crippen molar-refractivity contribution in [1.29, 1.82) is 0 Å². The van der Waals surface area contributed by atoms with Gasteiger partial charge in [-0.3, -0.25) is 14.1 Å². The molecule has 1 unspecified atom stereocenters. The number of rotatable bonds is 4. The third-order valence-corrected chi connectivity index (χ3v) is 6.66. The number of hydrogen-bond acceptors (Lipinski definition) is 7. The van der Waals surface area contributed by atoms with Gasteiger partial charge < -0.3 is 19.8 Å². The number of carbonyl (C=O) groups is 1. The van der Waals surface area contributed by atoms with Crippen LogP contribution in [0.15, 0.2) is 47.1 Å². The molecule has 4 aromatic rings. The number of aromatic nitrogens is 3. The number of nitrogen functional groups attached to an aromatic ring is 1. The minimum atomic E-state index is 0.0313. The Hall–Kier alpha value is -3.43. The fourth-order valence-electron chi connectivity index (χ4n) is 4.91. The molecule has 2 fully saturated rings. The van der Waals surface area contributed by atoms with Crippen molar-refractivity contribution in [2.24, 2.45) is 5.92 Å². The Morgan fingerprint density at radius 2 is 1.97 bits per heavy atom. The zero-order chi connectivity index (χ0) is 22.4. The molecule has 33 heavy (non-hydrogen) atoms. The highest BCUT2D eigenvalue weighted by Crippen LogP contribution is 2.27. The Balaban J connectivity index is 1.23. The summed E-state index contributed by atoms with van der Waals surface area (Å²) in [5, 5.41) is 0. The molecule has 2 N–H and O–H groups in total. The maximum atomic E-state index is 13.4. The van der Waals surface area contributed by atoms with E-state index in [0.717, 1.165) is 69.1 Å². The molecule has 9 nitrogen and oxygen atoms in total. The molecular formula is C24H26N6O3. The second-order valence-corrected chi connectivity index (χ2v) is 8.84. The second kappa shape index (κ2) is 8.17. The van der Waals surface area contributed by atoms with E-state index in [2.05, 4.69) is 14.9 Å². The molecule has 0 spiro atoms. The van der Waals surface area contributed by atoms with Gasteiger partial charge in [0.25, 0.3) is 11.9 Å². The lowest BCUT2D eigenvalue weighted by Crippen LogP contribution is -2.40. The third kappa shape index (κ3) is 3.83. The quantitative estimate of drug-likeness (QED) is 0.514. The van der Waals surface area contributed by atoms with Gasteiger partial charge in [0, 0.05) is 38.9 Å². The van der Waals surface area contributed by atoms with Crippen LogP contribution in [0.3, 0.4) is 0 Å². The average molecular weight is 447 g/mol. The fraction of sp³-hybridized carbons (Fsp3) is 0.375. The molecule has 5 heterocycles. The van der Waals surface area contributed by atoms with Crippen LogP contribution in [0.5, 0.6) is 0 Å². The van der Waals surface area contributed by atoms with E-state index in [1.54, 1.807) is 6.20 Å². The van der Waals surface area contributed by atoms with E-state index in [1.807, 2.05) is 45.8 Å². The van der Waals surface area contributed by atoms with Gasteiger partial charge in [0.2, 0.25) is 0 Å². The molecule has 9 heteroatoms. The normalized spacial score (nSPS) is 19.6. The number of ether oxygens (including phenoxy) is 1. The van der Waals surface area contributed by atoms with Gasteiger partial charge in [0.05, 0.1) is 19.4 Å². The van der Waals surface area contributed by atoms with Crippen molar-refractivity contribution in [3.8, 4) is 11.1 Å². The standard InChI is InChI=1S/C24H26N6O3/c25-24-27-19-11-17(1-3-21(19)33-24)18-2-4-22-26-12-20(30(22)15-18)23(31)29-6-5-16(14-29)13-28-7-9-32-10-8-28/h1-4,11-12,15-16H,5-10,13-14H2,(H2,25,27). The lowest BCUT2D eigenvalue weighted by atomic mass is 10.1. The van der Waals surface area contributed by atoms with Crippen LogP contribution in [0.1, 0.15) is 16.9 Å². The molecule has 1 aromatic carbocycles. The maximum Gasteiger partial charge on any atom is 0.292 e. The molecule has 2 aliphatic heterocycles. The van der Waals surface area contributed by atoms with Gasteiger partial charge >= 0.3 is 0 Å². The van der Waals surface area contributed by atoms with Crippen LogP contribution in [-0.2, 0) is 4.74 Å². The Morgan fingerprint density at radius 3 is 2.85 bits per heavy atom. The van der Waals surface area contributed by atoms with Gasteiger partial charge in [0.1, 0.15) is 16.9 Å². The van der Waals surface area contributed by atoms with Gasteiger partial charge in [-0.15, -0.1) is 0 Å². The molecule has 0 saturated carbocycles. The molecule has 2 saturated heterocycles. The van der Waals surface area contributed by atoms with Gasteiger partial charge in [0.15, 0.2) is 5.58 Å². The summed E-state index contributed by atoms with van der Waals surface area (Å²) < 4.78 is 12.7. The van der Waals surface area contributed by atoms with Crippen LogP contribution in [0.4, 0.5) is 6.01 Å². The number of nitrogens with two attached hydrogens (primary N) is 1. The van der Waals surface area contributed by atoms with Crippen LogP contribution < -0.4 is 5.73 Å². The van der Waals surface area contributed by atoms with Crippen molar-refractivity contribution in [2.45, 2.75) is 6.42 Å². The number of morpholine rings is 1. The SMILES string of the molecule is Nc1nc2cc(-c3ccc4ncc(C(=O)N5CCC(CN6CCOCC6)C5)n4c3)ccc2o1. The molecule has 0 bridgehead atoms. The Bertz CT molecular complexity index is 1320. The Morgan fingerprint density at radius 1 is 1.12 bits per heavy atom. The number of anilines is 1. The highest BCUT2D eigenvalue weighted by molar-refractivity contribution is 5.93. The highest BCUT2D eigenvalue weighted by Gasteiger charge is 2.30.